The predicted octanol–water partition coefficient (Wildman–Crippen LogP) is 3.91. The fourth-order valence-electron chi connectivity index (χ4n) is 2.16. The van der Waals surface area contributed by atoms with E-state index in [1.807, 2.05) is 42.5 Å². The van der Waals surface area contributed by atoms with E-state index in [0.29, 0.717) is 0 Å². The third-order valence-electron chi connectivity index (χ3n) is 3.03. The molecule has 0 saturated carbocycles. The first-order valence-corrected chi connectivity index (χ1v) is 5.63. The van der Waals surface area contributed by atoms with Crippen LogP contribution in [0.3, 0.4) is 0 Å². The molecular weight excluding hydrogens is 208 g/mol. The molecule has 82 valence electrons. The van der Waals surface area contributed by atoms with Crippen molar-refractivity contribution < 1.29 is 0 Å². The zero-order valence-electron chi connectivity index (χ0n) is 9.32. The van der Waals surface area contributed by atoms with Gasteiger partial charge >= 0.3 is 0 Å². The smallest absolute Gasteiger partial charge is 0.152 e. The van der Waals surface area contributed by atoms with E-state index in [1.165, 1.54) is 0 Å². The minimum absolute atomic E-state index is 0.442. The van der Waals surface area contributed by atoms with E-state index in [1.54, 1.807) is 6.20 Å². The Labute approximate surface area is 100 Å². The minimum Gasteiger partial charge on any atom is -0.168 e. The average Bonchev–Trinajstić information content (AvgIpc) is 2.91. The Bertz CT molecular complexity index is 502. The number of hydrogen-bond donors (Lipinski definition) is 0. The summed E-state index contributed by atoms with van der Waals surface area (Å²) in [6.07, 6.45) is 3.80. The molecule has 0 spiro atoms. The highest BCUT2D eigenvalue weighted by Crippen LogP contribution is 2.38. The van der Waals surface area contributed by atoms with Gasteiger partial charge in [0.2, 0.25) is 0 Å². The van der Waals surface area contributed by atoms with Crippen molar-refractivity contribution in [2.45, 2.75) is 5.54 Å². The minimum atomic E-state index is -0.442. The molecule has 2 heteroatoms. The van der Waals surface area contributed by atoms with Gasteiger partial charge in [-0.3, -0.25) is 0 Å². The maximum atomic E-state index is 4.42. The molecule has 1 aliphatic rings. The lowest BCUT2D eigenvalue weighted by Gasteiger charge is -2.23. The van der Waals surface area contributed by atoms with Crippen LogP contribution < -0.4 is 0 Å². The molecule has 2 aromatic carbocycles. The SMILES string of the molecule is C1=CC(c2ccccc2)(c2ccccc2)N=N1. The van der Waals surface area contributed by atoms with Crippen molar-refractivity contribution in [2.75, 3.05) is 0 Å². The summed E-state index contributed by atoms with van der Waals surface area (Å²) in [4.78, 5) is 0. The van der Waals surface area contributed by atoms with Crippen molar-refractivity contribution in [1.29, 1.82) is 0 Å². The van der Waals surface area contributed by atoms with Crippen LogP contribution in [0.25, 0.3) is 0 Å². The van der Waals surface area contributed by atoms with Gasteiger partial charge in [-0.05, 0) is 17.2 Å². The lowest BCUT2D eigenvalue weighted by Crippen LogP contribution is -2.20. The Hall–Kier alpha value is -2.22. The Morgan fingerprint density at radius 1 is 0.706 bits per heavy atom. The quantitative estimate of drug-likeness (QED) is 0.733. The molecule has 0 amide bonds. The van der Waals surface area contributed by atoms with Crippen LogP contribution in [0.15, 0.2) is 83.2 Å². The summed E-state index contributed by atoms with van der Waals surface area (Å²) < 4.78 is 0. The fraction of sp³-hybridized carbons (Fsp3) is 0.0667. The third-order valence-corrected chi connectivity index (χ3v) is 3.03. The number of hydrogen-bond acceptors (Lipinski definition) is 2. The molecule has 1 aliphatic heterocycles. The van der Waals surface area contributed by atoms with Gasteiger partial charge in [0.05, 0.1) is 0 Å². The molecule has 0 unspecified atom stereocenters. The summed E-state index contributed by atoms with van der Waals surface area (Å²) >= 11 is 0. The van der Waals surface area contributed by atoms with Crippen LogP contribution in [-0.2, 0) is 5.54 Å². The summed E-state index contributed by atoms with van der Waals surface area (Å²) in [5, 5.41) is 8.46. The fourth-order valence-corrected chi connectivity index (χ4v) is 2.16. The van der Waals surface area contributed by atoms with Gasteiger partial charge in [-0.25, -0.2) is 0 Å². The molecule has 0 atom stereocenters. The van der Waals surface area contributed by atoms with Crippen LogP contribution in [0.1, 0.15) is 11.1 Å². The Kier molecular flexibility index (Phi) is 2.33. The van der Waals surface area contributed by atoms with Gasteiger partial charge < -0.3 is 0 Å². The van der Waals surface area contributed by atoms with Gasteiger partial charge in [-0.1, -0.05) is 60.7 Å². The van der Waals surface area contributed by atoms with E-state index in [4.69, 9.17) is 0 Å². The first kappa shape index (κ1) is 9.97. The molecule has 2 aromatic rings. The number of rotatable bonds is 2. The first-order chi connectivity index (χ1) is 8.42. The van der Waals surface area contributed by atoms with E-state index in [2.05, 4.69) is 34.5 Å². The van der Waals surface area contributed by atoms with Crippen LogP contribution in [0.5, 0.6) is 0 Å². The normalized spacial score (nSPS) is 16.2. The van der Waals surface area contributed by atoms with E-state index < -0.39 is 5.54 Å². The van der Waals surface area contributed by atoms with Gasteiger partial charge in [0.1, 0.15) is 0 Å². The van der Waals surface area contributed by atoms with E-state index >= 15 is 0 Å². The lowest BCUT2D eigenvalue weighted by molar-refractivity contribution is 0.670. The Morgan fingerprint density at radius 3 is 1.65 bits per heavy atom. The number of azo groups is 1. The molecule has 2 nitrogen and oxygen atoms in total. The molecule has 0 aromatic heterocycles. The lowest BCUT2D eigenvalue weighted by atomic mass is 9.84. The Morgan fingerprint density at radius 2 is 1.24 bits per heavy atom. The van der Waals surface area contributed by atoms with Crippen molar-refractivity contribution in [2.24, 2.45) is 10.2 Å². The monoisotopic (exact) mass is 220 g/mol. The molecule has 0 saturated heterocycles. The molecule has 0 bridgehead atoms. The Balaban J connectivity index is 2.19. The summed E-state index contributed by atoms with van der Waals surface area (Å²) in [5.74, 6) is 0. The van der Waals surface area contributed by atoms with E-state index in [0.717, 1.165) is 11.1 Å². The largest absolute Gasteiger partial charge is 0.168 e. The predicted molar refractivity (Wildman–Crippen MR) is 67.7 cm³/mol. The van der Waals surface area contributed by atoms with Crippen molar-refractivity contribution in [3.63, 3.8) is 0 Å². The highest BCUT2D eigenvalue weighted by atomic mass is 15.2. The molecule has 0 fully saturated rings. The highest BCUT2D eigenvalue weighted by molar-refractivity contribution is 5.44. The number of benzene rings is 2. The summed E-state index contributed by atoms with van der Waals surface area (Å²) in [6.45, 7) is 0. The standard InChI is InChI=1S/C15H12N2/c1-3-7-13(8-4-1)15(11-12-16-17-15)14-9-5-2-6-10-14/h1-12H. The summed E-state index contributed by atoms with van der Waals surface area (Å²) in [7, 11) is 0. The third kappa shape index (κ3) is 1.58. The van der Waals surface area contributed by atoms with Crippen LogP contribution >= 0.6 is 0 Å². The molecule has 3 rings (SSSR count). The van der Waals surface area contributed by atoms with Crippen LogP contribution in [0, 0.1) is 0 Å². The molecule has 0 N–H and O–H groups in total. The van der Waals surface area contributed by atoms with Gasteiger partial charge in [-0.15, -0.1) is 0 Å². The van der Waals surface area contributed by atoms with Crippen LogP contribution in [-0.4, -0.2) is 0 Å². The van der Waals surface area contributed by atoms with Gasteiger partial charge in [0.15, 0.2) is 5.54 Å². The van der Waals surface area contributed by atoms with Crippen molar-refractivity contribution in [3.05, 3.63) is 84.1 Å². The zero-order valence-corrected chi connectivity index (χ0v) is 9.32. The van der Waals surface area contributed by atoms with Crippen molar-refractivity contribution in [1.82, 2.24) is 0 Å². The molecule has 0 aliphatic carbocycles. The second-order valence-electron chi connectivity index (χ2n) is 4.03. The van der Waals surface area contributed by atoms with E-state index in [-0.39, 0.29) is 0 Å². The topological polar surface area (TPSA) is 24.7 Å². The molecular formula is C15H12N2. The zero-order chi connectivity index (χ0) is 11.6. The van der Waals surface area contributed by atoms with Crippen molar-refractivity contribution in [3.8, 4) is 0 Å². The molecule has 17 heavy (non-hydrogen) atoms. The first-order valence-electron chi connectivity index (χ1n) is 5.63. The highest BCUT2D eigenvalue weighted by Gasteiger charge is 2.33. The molecule has 1 heterocycles. The molecule has 0 radical (unpaired) electrons. The second kappa shape index (κ2) is 3.98. The summed E-state index contributed by atoms with van der Waals surface area (Å²) in [5.41, 5.74) is 1.84. The van der Waals surface area contributed by atoms with Crippen LogP contribution in [0.2, 0.25) is 0 Å². The summed E-state index contributed by atoms with van der Waals surface area (Å²) in [6, 6.07) is 20.5. The van der Waals surface area contributed by atoms with Crippen molar-refractivity contribution >= 4 is 0 Å². The van der Waals surface area contributed by atoms with Gasteiger partial charge in [0.25, 0.3) is 0 Å². The van der Waals surface area contributed by atoms with Gasteiger partial charge in [-0.2, -0.15) is 10.2 Å². The average molecular weight is 220 g/mol. The maximum absolute atomic E-state index is 4.42. The number of nitrogens with zero attached hydrogens (tertiary/aromatic N) is 2. The maximum Gasteiger partial charge on any atom is 0.152 e. The van der Waals surface area contributed by atoms with E-state index in [9.17, 15) is 0 Å². The second-order valence-corrected chi connectivity index (χ2v) is 4.03. The van der Waals surface area contributed by atoms with Crippen LogP contribution in [0.4, 0.5) is 0 Å². The van der Waals surface area contributed by atoms with Gasteiger partial charge in [0, 0.05) is 6.20 Å².